The maximum Gasteiger partial charge on any atom is 0.186 e. The fraction of sp³-hybridized carbons (Fsp3) is 0.348. The van der Waals surface area contributed by atoms with Crippen molar-refractivity contribution >= 4 is 26.4 Å². The van der Waals surface area contributed by atoms with E-state index in [0.717, 1.165) is 42.6 Å². The predicted octanol–water partition coefficient (Wildman–Crippen LogP) is 3.80. The van der Waals surface area contributed by atoms with Crippen LogP contribution < -0.4 is 5.32 Å². The van der Waals surface area contributed by atoms with Crippen LogP contribution in [0.15, 0.2) is 47.4 Å². The second-order valence-electron chi connectivity index (χ2n) is 7.95. The van der Waals surface area contributed by atoms with E-state index in [4.69, 9.17) is 4.74 Å². The van der Waals surface area contributed by atoms with Gasteiger partial charge in [0.15, 0.2) is 15.5 Å². The number of nitrogens with one attached hydrogen (secondary N) is 1. The summed E-state index contributed by atoms with van der Waals surface area (Å²) in [4.78, 5) is 0.282. The van der Waals surface area contributed by atoms with E-state index < -0.39 is 9.84 Å². The minimum Gasteiger partial charge on any atom is -0.381 e. The summed E-state index contributed by atoms with van der Waals surface area (Å²) in [6.45, 7) is 3.65. The second kappa shape index (κ2) is 8.61. The molecule has 1 fully saturated rings. The van der Waals surface area contributed by atoms with Gasteiger partial charge in [0.1, 0.15) is 6.07 Å². The monoisotopic (exact) mass is 436 g/mol. The molecule has 0 bridgehead atoms. The molecule has 0 radical (unpaired) electrons. The molecule has 1 saturated heterocycles. The SMILES string of the molecule is CC(Nc1c(C#N)nnc2cc(-c3ccc(S(C)(=O)=O)cc3)ccc12)C1CCOCC1. The van der Waals surface area contributed by atoms with Crippen LogP contribution in [0.4, 0.5) is 5.69 Å². The molecule has 0 saturated carbocycles. The summed E-state index contributed by atoms with van der Waals surface area (Å²) in [7, 11) is -3.24. The molecule has 2 aromatic carbocycles. The van der Waals surface area contributed by atoms with Crippen molar-refractivity contribution in [2.45, 2.75) is 30.7 Å². The lowest BCUT2D eigenvalue weighted by molar-refractivity contribution is 0.0622. The summed E-state index contributed by atoms with van der Waals surface area (Å²) in [5, 5.41) is 22.3. The van der Waals surface area contributed by atoms with Crippen molar-refractivity contribution in [2.75, 3.05) is 24.8 Å². The molecule has 8 heteroatoms. The Kier molecular flexibility index (Phi) is 5.90. The molecule has 1 N–H and O–H groups in total. The van der Waals surface area contributed by atoms with E-state index in [1.807, 2.05) is 18.2 Å². The van der Waals surface area contributed by atoms with Crippen molar-refractivity contribution < 1.29 is 13.2 Å². The molecule has 3 aromatic rings. The number of fused-ring (bicyclic) bond motifs is 1. The average Bonchev–Trinajstić information content (AvgIpc) is 2.79. The number of aromatic nitrogens is 2. The molecule has 2 heterocycles. The molecule has 7 nitrogen and oxygen atoms in total. The molecule has 1 atom stereocenters. The van der Waals surface area contributed by atoms with Crippen LogP contribution in [0.5, 0.6) is 0 Å². The maximum absolute atomic E-state index is 11.7. The van der Waals surface area contributed by atoms with Crippen molar-refractivity contribution in [3.8, 4) is 17.2 Å². The highest BCUT2D eigenvalue weighted by molar-refractivity contribution is 7.90. The van der Waals surface area contributed by atoms with E-state index >= 15 is 0 Å². The highest BCUT2D eigenvalue weighted by Crippen LogP contribution is 2.31. The van der Waals surface area contributed by atoms with Gasteiger partial charge in [0.25, 0.3) is 0 Å². The van der Waals surface area contributed by atoms with Crippen molar-refractivity contribution in [3.63, 3.8) is 0 Å². The van der Waals surface area contributed by atoms with Crippen LogP contribution in [-0.4, -0.2) is 44.1 Å². The Balaban J connectivity index is 1.68. The Hall–Kier alpha value is -3.02. The Morgan fingerprint density at radius 1 is 1.10 bits per heavy atom. The van der Waals surface area contributed by atoms with Gasteiger partial charge in [-0.15, -0.1) is 10.2 Å². The van der Waals surface area contributed by atoms with E-state index in [1.54, 1.807) is 24.3 Å². The van der Waals surface area contributed by atoms with Gasteiger partial charge in [-0.2, -0.15) is 5.26 Å². The summed E-state index contributed by atoms with van der Waals surface area (Å²) in [6, 6.07) is 14.9. The van der Waals surface area contributed by atoms with Crippen molar-refractivity contribution in [1.82, 2.24) is 10.2 Å². The topological polar surface area (TPSA) is 105 Å². The first-order chi connectivity index (χ1) is 14.9. The lowest BCUT2D eigenvalue weighted by Crippen LogP contribution is -2.31. The predicted molar refractivity (Wildman–Crippen MR) is 119 cm³/mol. The first-order valence-electron chi connectivity index (χ1n) is 10.2. The number of nitrogens with zero attached hydrogens (tertiary/aromatic N) is 3. The number of hydrogen-bond donors (Lipinski definition) is 1. The fourth-order valence-corrected chi connectivity index (χ4v) is 4.60. The zero-order valence-electron chi connectivity index (χ0n) is 17.5. The van der Waals surface area contributed by atoms with Crippen LogP contribution in [-0.2, 0) is 14.6 Å². The molecule has 0 spiro atoms. The van der Waals surface area contributed by atoms with Crippen LogP contribution >= 0.6 is 0 Å². The molecule has 4 rings (SSSR count). The summed E-state index contributed by atoms with van der Waals surface area (Å²) < 4.78 is 28.9. The molecule has 0 amide bonds. The van der Waals surface area contributed by atoms with Crippen LogP contribution in [0, 0.1) is 17.2 Å². The quantitative estimate of drug-likeness (QED) is 0.648. The van der Waals surface area contributed by atoms with Crippen molar-refractivity contribution in [1.29, 1.82) is 5.26 Å². The summed E-state index contributed by atoms with van der Waals surface area (Å²) >= 11 is 0. The third-order valence-corrected chi connectivity index (χ3v) is 6.96. The molecule has 1 aliphatic heterocycles. The summed E-state index contributed by atoms with van der Waals surface area (Å²) in [6.07, 6.45) is 3.16. The van der Waals surface area contributed by atoms with Gasteiger partial charge in [0.05, 0.1) is 16.1 Å². The van der Waals surface area contributed by atoms with E-state index in [2.05, 4.69) is 28.5 Å². The summed E-state index contributed by atoms with van der Waals surface area (Å²) in [5.41, 5.74) is 3.42. The van der Waals surface area contributed by atoms with Crippen LogP contribution in [0.3, 0.4) is 0 Å². The van der Waals surface area contributed by atoms with Crippen LogP contribution in [0.2, 0.25) is 0 Å². The first-order valence-corrected chi connectivity index (χ1v) is 12.1. The van der Waals surface area contributed by atoms with E-state index in [-0.39, 0.29) is 16.6 Å². The van der Waals surface area contributed by atoms with Gasteiger partial charge < -0.3 is 10.1 Å². The van der Waals surface area contributed by atoms with E-state index in [1.165, 1.54) is 6.26 Å². The van der Waals surface area contributed by atoms with Gasteiger partial charge in [-0.1, -0.05) is 18.2 Å². The number of benzene rings is 2. The molecule has 1 aliphatic rings. The second-order valence-corrected chi connectivity index (χ2v) is 9.96. The number of sulfone groups is 1. The van der Waals surface area contributed by atoms with Gasteiger partial charge in [0.2, 0.25) is 0 Å². The van der Waals surface area contributed by atoms with Gasteiger partial charge >= 0.3 is 0 Å². The highest BCUT2D eigenvalue weighted by Gasteiger charge is 2.22. The molecule has 1 unspecified atom stereocenters. The zero-order valence-corrected chi connectivity index (χ0v) is 18.3. The third-order valence-electron chi connectivity index (χ3n) is 5.83. The van der Waals surface area contributed by atoms with Gasteiger partial charge in [-0.25, -0.2) is 8.42 Å². The standard InChI is InChI=1S/C23H24N4O3S/c1-15(16-9-11-30-12-10-16)25-23-20-8-5-18(13-21(20)26-27-22(23)14-24)17-3-6-19(7-4-17)31(2,28)29/h3-8,13,15-16H,9-12H2,1-2H3,(H,25,26). The minimum atomic E-state index is -3.24. The lowest BCUT2D eigenvalue weighted by atomic mass is 9.92. The van der Waals surface area contributed by atoms with E-state index in [9.17, 15) is 13.7 Å². The number of rotatable bonds is 5. The lowest BCUT2D eigenvalue weighted by Gasteiger charge is -2.29. The smallest absolute Gasteiger partial charge is 0.186 e. The molecule has 160 valence electrons. The van der Waals surface area contributed by atoms with E-state index in [0.29, 0.717) is 17.1 Å². The van der Waals surface area contributed by atoms with Gasteiger partial charge in [0, 0.05) is 30.9 Å². The van der Waals surface area contributed by atoms with Crippen molar-refractivity contribution in [3.05, 3.63) is 48.2 Å². The zero-order chi connectivity index (χ0) is 22.0. The normalized spacial score (nSPS) is 16.0. The maximum atomic E-state index is 11.7. The largest absolute Gasteiger partial charge is 0.381 e. The summed E-state index contributed by atoms with van der Waals surface area (Å²) in [5.74, 6) is 0.469. The molecule has 0 aliphatic carbocycles. The van der Waals surface area contributed by atoms with Crippen LogP contribution in [0.1, 0.15) is 25.5 Å². The van der Waals surface area contributed by atoms with Gasteiger partial charge in [-0.05, 0) is 61.1 Å². The number of nitriles is 1. The molecular weight excluding hydrogens is 412 g/mol. The Labute approximate surface area is 182 Å². The third kappa shape index (κ3) is 4.53. The average molecular weight is 437 g/mol. The highest BCUT2D eigenvalue weighted by atomic mass is 32.2. The Morgan fingerprint density at radius 2 is 1.77 bits per heavy atom. The van der Waals surface area contributed by atoms with Crippen LogP contribution in [0.25, 0.3) is 22.0 Å². The first kappa shape index (κ1) is 21.2. The number of ether oxygens (including phenoxy) is 1. The van der Waals surface area contributed by atoms with Crippen molar-refractivity contribution in [2.24, 2.45) is 5.92 Å². The minimum absolute atomic E-state index is 0.173. The van der Waals surface area contributed by atoms with Gasteiger partial charge in [-0.3, -0.25) is 0 Å². The fourth-order valence-electron chi connectivity index (χ4n) is 3.97. The Morgan fingerprint density at radius 3 is 2.42 bits per heavy atom. The number of anilines is 1. The molecule has 1 aromatic heterocycles. The Bertz CT molecular complexity index is 1240. The molecular formula is C23H24N4O3S. The number of hydrogen-bond acceptors (Lipinski definition) is 7. The molecule has 31 heavy (non-hydrogen) atoms.